The minimum atomic E-state index is -0.0971. The van der Waals surface area contributed by atoms with Crippen LogP contribution in [0.3, 0.4) is 0 Å². The summed E-state index contributed by atoms with van der Waals surface area (Å²) in [6.45, 7) is 1.94. The van der Waals surface area contributed by atoms with Gasteiger partial charge in [0.25, 0.3) is 0 Å². The summed E-state index contributed by atoms with van der Waals surface area (Å²) in [5, 5.41) is 6.33. The normalized spacial score (nSPS) is 32.8. The van der Waals surface area contributed by atoms with Crippen molar-refractivity contribution < 1.29 is 9.59 Å². The van der Waals surface area contributed by atoms with Crippen LogP contribution in [0.1, 0.15) is 77.6 Å². The van der Waals surface area contributed by atoms with E-state index in [1.54, 1.807) is 0 Å². The van der Waals surface area contributed by atoms with Crippen LogP contribution < -0.4 is 16.4 Å². The molecule has 3 aliphatic carbocycles. The molecule has 5 nitrogen and oxygen atoms in total. The molecule has 2 amide bonds. The van der Waals surface area contributed by atoms with Crippen molar-refractivity contribution in [3.63, 3.8) is 0 Å². The molecule has 3 aliphatic rings. The molecule has 3 unspecified atom stereocenters. The Morgan fingerprint density at radius 1 is 1.00 bits per heavy atom. The smallest absolute Gasteiger partial charge is 0.223 e. The quantitative estimate of drug-likeness (QED) is 0.680. The number of nitrogens with one attached hydrogen (secondary N) is 2. The highest BCUT2D eigenvalue weighted by atomic mass is 35.5. The van der Waals surface area contributed by atoms with Gasteiger partial charge in [0.15, 0.2) is 0 Å². The lowest BCUT2D eigenvalue weighted by Crippen LogP contribution is -2.54. The van der Waals surface area contributed by atoms with E-state index in [0.29, 0.717) is 30.3 Å². The maximum Gasteiger partial charge on any atom is 0.223 e. The van der Waals surface area contributed by atoms with E-state index < -0.39 is 0 Å². The van der Waals surface area contributed by atoms with Crippen LogP contribution in [-0.2, 0) is 9.59 Å². The Labute approximate surface area is 164 Å². The predicted octanol–water partition coefficient (Wildman–Crippen LogP) is 2.91. The average Bonchev–Trinajstić information content (AvgIpc) is 2.56. The third-order valence-electron chi connectivity index (χ3n) is 6.56. The molecule has 3 saturated carbocycles. The molecular formula is C20H36ClN3O2. The largest absolute Gasteiger partial charge is 0.353 e. The first-order chi connectivity index (χ1) is 12.0. The summed E-state index contributed by atoms with van der Waals surface area (Å²) >= 11 is 0. The summed E-state index contributed by atoms with van der Waals surface area (Å²) in [7, 11) is 0. The maximum atomic E-state index is 12.5. The SMILES string of the molecule is CC(CC(=O)NC1C2CCCC1CC(N)C2)NC(=O)C1CCCCC1.Cl. The third kappa shape index (κ3) is 5.59. The molecule has 6 heteroatoms. The van der Waals surface area contributed by atoms with E-state index in [9.17, 15) is 9.59 Å². The minimum Gasteiger partial charge on any atom is -0.353 e. The van der Waals surface area contributed by atoms with Crippen molar-refractivity contribution >= 4 is 24.2 Å². The number of carbonyl (C=O) groups excluding carboxylic acids is 2. The highest BCUT2D eigenvalue weighted by molar-refractivity contribution is 5.85. The zero-order valence-corrected chi connectivity index (χ0v) is 16.9. The molecular weight excluding hydrogens is 350 g/mol. The Bertz CT molecular complexity index is 468. The number of halogens is 1. The lowest BCUT2D eigenvalue weighted by molar-refractivity contribution is -0.127. The van der Waals surface area contributed by atoms with E-state index in [-0.39, 0.29) is 36.2 Å². The summed E-state index contributed by atoms with van der Waals surface area (Å²) in [5.41, 5.74) is 6.16. The molecule has 3 rings (SSSR count). The van der Waals surface area contributed by atoms with E-state index in [0.717, 1.165) is 38.5 Å². The van der Waals surface area contributed by atoms with Gasteiger partial charge >= 0.3 is 0 Å². The van der Waals surface area contributed by atoms with Crippen molar-refractivity contribution in [1.29, 1.82) is 0 Å². The zero-order valence-electron chi connectivity index (χ0n) is 16.0. The van der Waals surface area contributed by atoms with Crippen LogP contribution in [0.15, 0.2) is 0 Å². The Hall–Kier alpha value is -0.810. The lowest BCUT2D eigenvalue weighted by atomic mass is 9.67. The van der Waals surface area contributed by atoms with E-state index in [1.807, 2.05) is 6.92 Å². The summed E-state index contributed by atoms with van der Waals surface area (Å²) in [4.78, 5) is 24.8. The number of hydrogen-bond donors (Lipinski definition) is 3. The second-order valence-electron chi connectivity index (χ2n) is 8.72. The van der Waals surface area contributed by atoms with E-state index in [1.165, 1.54) is 25.7 Å². The Balaban J connectivity index is 0.00000243. The lowest BCUT2D eigenvalue weighted by Gasteiger charge is -2.45. The van der Waals surface area contributed by atoms with Crippen LogP contribution in [0.4, 0.5) is 0 Å². The Morgan fingerprint density at radius 2 is 1.62 bits per heavy atom. The van der Waals surface area contributed by atoms with Gasteiger partial charge in [0, 0.05) is 30.5 Å². The molecule has 0 radical (unpaired) electrons. The van der Waals surface area contributed by atoms with Crippen LogP contribution in [0.2, 0.25) is 0 Å². The minimum absolute atomic E-state index is 0. The van der Waals surface area contributed by atoms with Gasteiger partial charge in [-0.25, -0.2) is 0 Å². The zero-order chi connectivity index (χ0) is 17.8. The number of nitrogens with two attached hydrogens (primary N) is 1. The van der Waals surface area contributed by atoms with Crippen molar-refractivity contribution in [2.75, 3.05) is 0 Å². The first kappa shape index (κ1) is 21.5. The van der Waals surface area contributed by atoms with Crippen LogP contribution in [0, 0.1) is 17.8 Å². The van der Waals surface area contributed by atoms with Gasteiger partial charge in [0.1, 0.15) is 0 Å². The molecule has 2 bridgehead atoms. The van der Waals surface area contributed by atoms with Crippen molar-refractivity contribution in [2.24, 2.45) is 23.5 Å². The fraction of sp³-hybridized carbons (Fsp3) is 0.900. The van der Waals surface area contributed by atoms with Gasteiger partial charge in [-0.2, -0.15) is 0 Å². The molecule has 0 saturated heterocycles. The van der Waals surface area contributed by atoms with E-state index >= 15 is 0 Å². The predicted molar refractivity (Wildman–Crippen MR) is 106 cm³/mol. The average molecular weight is 386 g/mol. The first-order valence-corrected chi connectivity index (χ1v) is 10.4. The molecule has 0 spiro atoms. The number of carbonyl (C=O) groups is 2. The summed E-state index contributed by atoms with van der Waals surface area (Å²) in [6.07, 6.45) is 11.6. The fourth-order valence-electron chi connectivity index (χ4n) is 5.32. The van der Waals surface area contributed by atoms with Crippen molar-refractivity contribution in [1.82, 2.24) is 10.6 Å². The van der Waals surface area contributed by atoms with Gasteiger partial charge in [-0.05, 0) is 57.3 Å². The highest BCUT2D eigenvalue weighted by Crippen LogP contribution is 2.39. The summed E-state index contributed by atoms with van der Waals surface area (Å²) < 4.78 is 0. The van der Waals surface area contributed by atoms with Crippen LogP contribution in [0.5, 0.6) is 0 Å². The Kier molecular flexibility index (Phi) is 8.21. The van der Waals surface area contributed by atoms with Crippen molar-refractivity contribution in [3.8, 4) is 0 Å². The van der Waals surface area contributed by atoms with Gasteiger partial charge in [-0.15, -0.1) is 12.4 Å². The summed E-state index contributed by atoms with van der Waals surface area (Å²) in [6, 6.07) is 0.500. The number of rotatable bonds is 5. The number of amides is 2. The maximum absolute atomic E-state index is 12.5. The highest BCUT2D eigenvalue weighted by Gasteiger charge is 2.39. The molecule has 3 fully saturated rings. The molecule has 0 aromatic heterocycles. The first-order valence-electron chi connectivity index (χ1n) is 10.4. The summed E-state index contributed by atoms with van der Waals surface area (Å²) in [5.74, 6) is 1.45. The van der Waals surface area contributed by atoms with E-state index in [2.05, 4.69) is 10.6 Å². The van der Waals surface area contributed by atoms with Gasteiger partial charge in [0.05, 0.1) is 0 Å². The van der Waals surface area contributed by atoms with Gasteiger partial charge in [-0.3, -0.25) is 9.59 Å². The number of hydrogen-bond acceptors (Lipinski definition) is 3. The molecule has 4 N–H and O–H groups in total. The molecule has 0 aromatic carbocycles. The standard InChI is InChI=1S/C20H35N3O2.ClH/c1-13(22-20(25)14-6-3-2-4-7-14)10-18(24)23-19-15-8-5-9-16(19)12-17(21)11-15;/h13-17,19H,2-12,21H2,1H3,(H,22,25)(H,23,24);1H. The van der Waals surface area contributed by atoms with E-state index in [4.69, 9.17) is 5.73 Å². The number of fused-ring (bicyclic) bond motifs is 2. The molecule has 150 valence electrons. The Morgan fingerprint density at radius 3 is 2.23 bits per heavy atom. The van der Waals surface area contributed by atoms with Crippen LogP contribution >= 0.6 is 12.4 Å². The monoisotopic (exact) mass is 385 g/mol. The molecule has 26 heavy (non-hydrogen) atoms. The topological polar surface area (TPSA) is 84.2 Å². The second-order valence-corrected chi connectivity index (χ2v) is 8.72. The van der Waals surface area contributed by atoms with Gasteiger partial charge in [-0.1, -0.05) is 25.7 Å². The second kappa shape index (κ2) is 9.93. The molecule has 0 heterocycles. The van der Waals surface area contributed by atoms with Gasteiger partial charge < -0.3 is 16.4 Å². The molecule has 3 atom stereocenters. The third-order valence-corrected chi connectivity index (χ3v) is 6.56. The fourth-order valence-corrected chi connectivity index (χ4v) is 5.32. The van der Waals surface area contributed by atoms with Crippen LogP contribution in [-0.4, -0.2) is 29.9 Å². The van der Waals surface area contributed by atoms with Gasteiger partial charge in [0.2, 0.25) is 11.8 Å². The van der Waals surface area contributed by atoms with Crippen molar-refractivity contribution in [3.05, 3.63) is 0 Å². The van der Waals surface area contributed by atoms with Crippen molar-refractivity contribution in [2.45, 2.75) is 95.7 Å². The molecule has 0 aromatic rings. The van der Waals surface area contributed by atoms with Crippen LogP contribution in [0.25, 0.3) is 0 Å². The molecule has 0 aliphatic heterocycles.